The van der Waals surface area contributed by atoms with E-state index in [2.05, 4.69) is 51.1 Å². The third-order valence-corrected chi connectivity index (χ3v) is 4.50. The van der Waals surface area contributed by atoms with E-state index in [0.717, 1.165) is 24.7 Å². The summed E-state index contributed by atoms with van der Waals surface area (Å²) in [5, 5.41) is 0. The van der Waals surface area contributed by atoms with Crippen LogP contribution in [0.5, 0.6) is 0 Å². The van der Waals surface area contributed by atoms with E-state index in [-0.39, 0.29) is 11.8 Å². The fraction of sp³-hybridized carbons (Fsp3) is 0.632. The molecule has 0 aliphatic heterocycles. The van der Waals surface area contributed by atoms with Crippen LogP contribution < -0.4 is 5.73 Å². The van der Waals surface area contributed by atoms with Crippen LogP contribution in [0.1, 0.15) is 58.4 Å². The van der Waals surface area contributed by atoms with Gasteiger partial charge in [0.25, 0.3) is 0 Å². The van der Waals surface area contributed by atoms with Gasteiger partial charge in [-0.15, -0.1) is 0 Å². The summed E-state index contributed by atoms with van der Waals surface area (Å²) in [5.74, 6) is 1.65. The van der Waals surface area contributed by atoms with E-state index in [1.165, 1.54) is 31.2 Å². The van der Waals surface area contributed by atoms with Crippen molar-refractivity contribution in [3.8, 4) is 0 Å². The molecule has 0 unspecified atom stereocenters. The minimum atomic E-state index is -0.0998. The van der Waals surface area contributed by atoms with Crippen LogP contribution in [0.2, 0.25) is 0 Å². The van der Waals surface area contributed by atoms with Gasteiger partial charge in [0.05, 0.1) is 0 Å². The number of nitrogens with two attached hydrogens (primary N) is 1. The molecule has 0 bridgehead atoms. The van der Waals surface area contributed by atoms with Crippen molar-refractivity contribution in [3.05, 3.63) is 35.9 Å². The van der Waals surface area contributed by atoms with Crippen LogP contribution in [0.4, 0.5) is 0 Å². The van der Waals surface area contributed by atoms with Gasteiger partial charge in [-0.05, 0) is 49.5 Å². The Hall–Kier alpha value is -1.31. The number of hydrogen-bond donors (Lipinski definition) is 1. The van der Waals surface area contributed by atoms with Crippen LogP contribution in [0.25, 0.3) is 0 Å². The average Bonchev–Trinajstić information content (AvgIpc) is 2.49. The summed E-state index contributed by atoms with van der Waals surface area (Å²) < 4.78 is 0. The SMILES string of the molecule is CC(C)C1CCC(C(N)=O)CC1.CCCc1ccccc1. The van der Waals surface area contributed by atoms with E-state index in [1.807, 2.05) is 0 Å². The van der Waals surface area contributed by atoms with E-state index in [0.29, 0.717) is 0 Å². The van der Waals surface area contributed by atoms with Gasteiger partial charge in [-0.25, -0.2) is 0 Å². The van der Waals surface area contributed by atoms with Crippen LogP contribution in [0.3, 0.4) is 0 Å². The highest BCUT2D eigenvalue weighted by atomic mass is 16.1. The third-order valence-electron chi connectivity index (χ3n) is 4.50. The summed E-state index contributed by atoms with van der Waals surface area (Å²) in [5.41, 5.74) is 6.69. The van der Waals surface area contributed by atoms with E-state index >= 15 is 0 Å². The lowest BCUT2D eigenvalue weighted by atomic mass is 9.77. The van der Waals surface area contributed by atoms with E-state index < -0.39 is 0 Å². The molecule has 0 aromatic heterocycles. The first kappa shape index (κ1) is 17.7. The molecule has 118 valence electrons. The molecule has 1 aromatic carbocycles. The fourth-order valence-corrected chi connectivity index (χ4v) is 3.00. The minimum Gasteiger partial charge on any atom is -0.369 e. The quantitative estimate of drug-likeness (QED) is 0.866. The molecule has 1 fully saturated rings. The smallest absolute Gasteiger partial charge is 0.220 e. The Kier molecular flexibility index (Phi) is 8.11. The van der Waals surface area contributed by atoms with Gasteiger partial charge in [-0.3, -0.25) is 4.79 Å². The monoisotopic (exact) mass is 289 g/mol. The maximum absolute atomic E-state index is 10.9. The highest BCUT2D eigenvalue weighted by Crippen LogP contribution is 2.32. The second-order valence-corrected chi connectivity index (χ2v) is 6.49. The summed E-state index contributed by atoms with van der Waals surface area (Å²) in [6.45, 7) is 6.72. The van der Waals surface area contributed by atoms with Crippen LogP contribution in [0, 0.1) is 17.8 Å². The Labute approximate surface area is 130 Å². The van der Waals surface area contributed by atoms with Gasteiger partial charge in [-0.2, -0.15) is 0 Å². The number of carbonyl (C=O) groups is 1. The number of primary amides is 1. The molecule has 1 saturated carbocycles. The van der Waals surface area contributed by atoms with Gasteiger partial charge in [0.15, 0.2) is 0 Å². The van der Waals surface area contributed by atoms with Gasteiger partial charge < -0.3 is 5.73 Å². The third kappa shape index (κ3) is 6.79. The maximum atomic E-state index is 10.9. The van der Waals surface area contributed by atoms with E-state index in [4.69, 9.17) is 5.73 Å². The van der Waals surface area contributed by atoms with Crippen molar-refractivity contribution in [2.45, 2.75) is 59.3 Å². The first-order valence-corrected chi connectivity index (χ1v) is 8.37. The topological polar surface area (TPSA) is 43.1 Å². The minimum absolute atomic E-state index is 0.0998. The molecule has 0 heterocycles. The summed E-state index contributed by atoms with van der Waals surface area (Å²) in [6.07, 6.45) is 6.85. The first-order chi connectivity index (χ1) is 10.0. The second kappa shape index (κ2) is 9.59. The summed E-state index contributed by atoms with van der Waals surface area (Å²) >= 11 is 0. The number of rotatable bonds is 4. The molecule has 2 heteroatoms. The summed E-state index contributed by atoms with van der Waals surface area (Å²) in [4.78, 5) is 10.9. The number of benzene rings is 1. The largest absolute Gasteiger partial charge is 0.369 e. The highest BCUT2D eigenvalue weighted by molar-refractivity contribution is 5.76. The predicted molar refractivity (Wildman–Crippen MR) is 89.9 cm³/mol. The van der Waals surface area contributed by atoms with Gasteiger partial charge in [0.1, 0.15) is 0 Å². The average molecular weight is 289 g/mol. The Balaban J connectivity index is 0.000000219. The lowest BCUT2D eigenvalue weighted by Gasteiger charge is -2.29. The van der Waals surface area contributed by atoms with Crippen molar-refractivity contribution in [1.82, 2.24) is 0 Å². The standard InChI is InChI=1S/C10H19NO.C9H12/c1-7(2)8-3-5-9(6-4-8)10(11)12;1-2-6-9-7-4-3-5-8-9/h7-9H,3-6H2,1-2H3,(H2,11,12);3-5,7-8H,2,6H2,1H3. The lowest BCUT2D eigenvalue weighted by molar-refractivity contribution is -0.123. The lowest BCUT2D eigenvalue weighted by Crippen LogP contribution is -2.28. The van der Waals surface area contributed by atoms with Crippen molar-refractivity contribution in [3.63, 3.8) is 0 Å². The number of hydrogen-bond acceptors (Lipinski definition) is 1. The predicted octanol–water partition coefficient (Wildman–Crippen LogP) is 4.57. The second-order valence-electron chi connectivity index (χ2n) is 6.49. The molecule has 0 radical (unpaired) electrons. The van der Waals surface area contributed by atoms with Crippen LogP contribution in [0.15, 0.2) is 30.3 Å². The van der Waals surface area contributed by atoms with Crippen molar-refractivity contribution in [2.75, 3.05) is 0 Å². The molecule has 1 aliphatic rings. The van der Waals surface area contributed by atoms with Gasteiger partial charge >= 0.3 is 0 Å². The molecular formula is C19H31NO. The number of carbonyl (C=O) groups excluding carboxylic acids is 1. The molecule has 1 aliphatic carbocycles. The summed E-state index contributed by atoms with van der Waals surface area (Å²) in [7, 11) is 0. The number of aryl methyl sites for hydroxylation is 1. The van der Waals surface area contributed by atoms with Crippen molar-refractivity contribution in [2.24, 2.45) is 23.5 Å². The normalized spacial score (nSPS) is 21.5. The van der Waals surface area contributed by atoms with Crippen LogP contribution in [-0.4, -0.2) is 5.91 Å². The molecule has 1 amide bonds. The summed E-state index contributed by atoms with van der Waals surface area (Å²) in [6, 6.07) is 10.6. The molecule has 0 saturated heterocycles. The Morgan fingerprint density at radius 3 is 2.14 bits per heavy atom. The van der Waals surface area contributed by atoms with Crippen LogP contribution in [-0.2, 0) is 11.2 Å². The van der Waals surface area contributed by atoms with Crippen molar-refractivity contribution in [1.29, 1.82) is 0 Å². The van der Waals surface area contributed by atoms with Gasteiger partial charge in [0, 0.05) is 5.92 Å². The maximum Gasteiger partial charge on any atom is 0.220 e. The van der Waals surface area contributed by atoms with Gasteiger partial charge in [-0.1, -0.05) is 57.5 Å². The Morgan fingerprint density at radius 2 is 1.71 bits per heavy atom. The van der Waals surface area contributed by atoms with Gasteiger partial charge in [0.2, 0.25) is 5.91 Å². The van der Waals surface area contributed by atoms with Crippen LogP contribution >= 0.6 is 0 Å². The zero-order valence-corrected chi connectivity index (χ0v) is 13.8. The highest BCUT2D eigenvalue weighted by Gasteiger charge is 2.25. The molecule has 21 heavy (non-hydrogen) atoms. The van der Waals surface area contributed by atoms with E-state index in [9.17, 15) is 4.79 Å². The molecule has 2 nitrogen and oxygen atoms in total. The molecule has 2 rings (SSSR count). The molecular weight excluding hydrogens is 258 g/mol. The van der Waals surface area contributed by atoms with Crippen molar-refractivity contribution >= 4 is 5.91 Å². The fourth-order valence-electron chi connectivity index (χ4n) is 3.00. The first-order valence-electron chi connectivity index (χ1n) is 8.37. The molecule has 1 aromatic rings. The zero-order valence-electron chi connectivity index (χ0n) is 13.8. The van der Waals surface area contributed by atoms with E-state index in [1.54, 1.807) is 0 Å². The zero-order chi connectivity index (χ0) is 15.7. The molecule has 0 spiro atoms. The molecule has 0 atom stereocenters. The molecule has 2 N–H and O–H groups in total. The van der Waals surface area contributed by atoms with Crippen molar-refractivity contribution < 1.29 is 4.79 Å². The number of amides is 1. The Morgan fingerprint density at radius 1 is 1.14 bits per heavy atom. The Bertz CT molecular complexity index is 391.